The van der Waals surface area contributed by atoms with Crippen LogP contribution in [0.1, 0.15) is 82.5 Å². The second-order valence-corrected chi connectivity index (χ2v) is 13.6. The zero-order chi connectivity index (χ0) is 26.9. The van der Waals surface area contributed by atoms with E-state index in [0.29, 0.717) is 18.5 Å². The molecule has 0 unspecified atom stereocenters. The number of piperidine rings is 1. The Kier molecular flexibility index (Phi) is 8.79. The smallest absolute Gasteiger partial charge is 0.274 e. The van der Waals surface area contributed by atoms with Gasteiger partial charge in [0.2, 0.25) is 0 Å². The third-order valence-corrected chi connectivity index (χ3v) is 10.1. The summed E-state index contributed by atoms with van der Waals surface area (Å²) < 4.78 is 42.7. The first-order valence-corrected chi connectivity index (χ1v) is 16.3. The molecule has 0 radical (unpaired) electrons. The largest absolute Gasteiger partial charge is 0.341 e. The van der Waals surface area contributed by atoms with E-state index in [1.165, 1.54) is 38.5 Å². The first kappa shape index (κ1) is 28.0. The van der Waals surface area contributed by atoms with Gasteiger partial charge in [-0.1, -0.05) is 13.8 Å². The first-order valence-electron chi connectivity index (χ1n) is 14.7. The predicted octanol–water partition coefficient (Wildman–Crippen LogP) is 4.56. The van der Waals surface area contributed by atoms with Crippen LogP contribution in [-0.2, 0) is 23.2 Å². The lowest BCUT2D eigenvalue weighted by Crippen LogP contribution is -2.44. The second-order valence-electron chi connectivity index (χ2n) is 12.2. The van der Waals surface area contributed by atoms with E-state index in [1.54, 1.807) is 12.1 Å². The molecule has 1 aliphatic carbocycles. The average molecular weight is 548 g/mol. The SMILES string of the molecule is CC(C)C1CCC(N2CCC(n3c(CCNS(N)(=O)=O)c(CN4CCCC4)c4cc(F)ccc43)CC2)CC1. The summed E-state index contributed by atoms with van der Waals surface area (Å²) in [6.07, 6.45) is 10.3. The van der Waals surface area contributed by atoms with Crippen LogP contribution in [0.15, 0.2) is 18.2 Å². The maximum Gasteiger partial charge on any atom is 0.274 e. The van der Waals surface area contributed by atoms with E-state index >= 15 is 0 Å². The van der Waals surface area contributed by atoms with Crippen molar-refractivity contribution in [2.75, 3.05) is 32.7 Å². The highest BCUT2D eigenvalue weighted by molar-refractivity contribution is 7.87. The van der Waals surface area contributed by atoms with Gasteiger partial charge in [-0.05, 0) is 100 Å². The summed E-state index contributed by atoms with van der Waals surface area (Å²) >= 11 is 0. The normalized spacial score (nSPS) is 24.7. The molecule has 2 saturated heterocycles. The van der Waals surface area contributed by atoms with E-state index in [4.69, 9.17) is 5.14 Å². The van der Waals surface area contributed by atoms with Gasteiger partial charge in [0, 0.05) is 61.3 Å². The zero-order valence-corrected chi connectivity index (χ0v) is 24.0. The molecule has 0 spiro atoms. The van der Waals surface area contributed by atoms with Crippen LogP contribution < -0.4 is 9.86 Å². The Hall–Kier alpha value is -1.52. The summed E-state index contributed by atoms with van der Waals surface area (Å²) in [7, 11) is -3.77. The van der Waals surface area contributed by atoms with Crippen molar-refractivity contribution in [2.45, 2.75) is 90.3 Å². The summed E-state index contributed by atoms with van der Waals surface area (Å²) in [4.78, 5) is 5.16. The van der Waals surface area contributed by atoms with Crippen LogP contribution in [0.5, 0.6) is 0 Å². The summed E-state index contributed by atoms with van der Waals surface area (Å²) in [5, 5.41) is 6.22. The van der Waals surface area contributed by atoms with E-state index in [-0.39, 0.29) is 12.4 Å². The Morgan fingerprint density at radius 1 is 1.00 bits per heavy atom. The fourth-order valence-corrected chi connectivity index (χ4v) is 7.78. The highest BCUT2D eigenvalue weighted by atomic mass is 32.2. The van der Waals surface area contributed by atoms with Gasteiger partial charge in [-0.3, -0.25) is 4.90 Å². The topological polar surface area (TPSA) is 83.6 Å². The molecular weight excluding hydrogens is 501 g/mol. The number of nitrogens with zero attached hydrogens (tertiary/aromatic N) is 3. The van der Waals surface area contributed by atoms with Gasteiger partial charge in [0.1, 0.15) is 5.82 Å². The number of hydrogen-bond acceptors (Lipinski definition) is 4. The molecule has 38 heavy (non-hydrogen) atoms. The monoisotopic (exact) mass is 547 g/mol. The summed E-state index contributed by atoms with van der Waals surface area (Å²) in [5.41, 5.74) is 3.35. The number of benzene rings is 1. The van der Waals surface area contributed by atoms with Crippen molar-refractivity contribution in [2.24, 2.45) is 17.0 Å². The molecule has 3 aliphatic rings. The van der Waals surface area contributed by atoms with E-state index in [2.05, 4.69) is 32.9 Å². The van der Waals surface area contributed by atoms with E-state index in [1.807, 2.05) is 6.07 Å². The number of aromatic nitrogens is 1. The molecule has 9 heteroatoms. The first-order chi connectivity index (χ1) is 18.2. The lowest BCUT2D eigenvalue weighted by atomic mass is 9.79. The van der Waals surface area contributed by atoms with Crippen LogP contribution in [0.4, 0.5) is 4.39 Å². The Labute approximate surface area is 228 Å². The van der Waals surface area contributed by atoms with Crippen molar-refractivity contribution in [3.8, 4) is 0 Å². The van der Waals surface area contributed by atoms with Crippen LogP contribution in [0, 0.1) is 17.7 Å². The molecule has 5 rings (SSSR count). The molecule has 212 valence electrons. The summed E-state index contributed by atoms with van der Waals surface area (Å²) in [6, 6.07) is 6.19. The van der Waals surface area contributed by atoms with Crippen LogP contribution in [0.2, 0.25) is 0 Å². The highest BCUT2D eigenvalue weighted by Gasteiger charge is 2.32. The maximum absolute atomic E-state index is 14.5. The molecule has 3 N–H and O–H groups in total. The van der Waals surface area contributed by atoms with Crippen molar-refractivity contribution in [1.82, 2.24) is 19.1 Å². The van der Waals surface area contributed by atoms with Crippen LogP contribution >= 0.6 is 0 Å². The molecule has 2 aliphatic heterocycles. The molecule has 0 atom stereocenters. The second kappa shape index (κ2) is 11.9. The number of hydrogen-bond donors (Lipinski definition) is 2. The van der Waals surface area contributed by atoms with Gasteiger partial charge in [0.05, 0.1) is 0 Å². The molecular formula is C29H46FN5O2S. The van der Waals surface area contributed by atoms with Crippen LogP contribution in [0.3, 0.4) is 0 Å². The van der Waals surface area contributed by atoms with Crippen LogP contribution in [-0.4, -0.2) is 61.6 Å². The number of likely N-dealkylation sites (tertiary alicyclic amines) is 2. The number of nitrogens with one attached hydrogen (secondary N) is 1. The summed E-state index contributed by atoms with van der Waals surface area (Å²) in [6.45, 7) is 9.99. The van der Waals surface area contributed by atoms with Crippen LogP contribution in [0.25, 0.3) is 10.9 Å². The van der Waals surface area contributed by atoms with Crippen molar-refractivity contribution in [3.63, 3.8) is 0 Å². The van der Waals surface area contributed by atoms with Gasteiger partial charge in [-0.2, -0.15) is 8.42 Å². The van der Waals surface area contributed by atoms with Crippen molar-refractivity contribution < 1.29 is 12.8 Å². The van der Waals surface area contributed by atoms with Crippen molar-refractivity contribution in [1.29, 1.82) is 0 Å². The zero-order valence-electron chi connectivity index (χ0n) is 23.2. The fourth-order valence-electron chi connectivity index (χ4n) is 7.39. The van der Waals surface area contributed by atoms with Gasteiger partial charge in [-0.25, -0.2) is 14.3 Å². The molecule has 1 aromatic heterocycles. The molecule has 7 nitrogen and oxygen atoms in total. The average Bonchev–Trinajstić information content (AvgIpc) is 3.50. The van der Waals surface area contributed by atoms with Gasteiger partial charge in [0.25, 0.3) is 10.2 Å². The molecule has 1 aromatic carbocycles. The number of nitrogens with two attached hydrogens (primary N) is 1. The molecule has 0 amide bonds. The Bertz CT molecular complexity index is 1190. The maximum atomic E-state index is 14.5. The Morgan fingerprint density at radius 3 is 2.32 bits per heavy atom. The quantitative estimate of drug-likeness (QED) is 0.482. The minimum atomic E-state index is -3.77. The van der Waals surface area contributed by atoms with E-state index < -0.39 is 10.2 Å². The van der Waals surface area contributed by atoms with E-state index in [9.17, 15) is 12.8 Å². The van der Waals surface area contributed by atoms with Gasteiger partial charge in [-0.15, -0.1) is 0 Å². The summed E-state index contributed by atoms with van der Waals surface area (Å²) in [5.74, 6) is 1.43. The minimum Gasteiger partial charge on any atom is -0.341 e. The predicted molar refractivity (Wildman–Crippen MR) is 152 cm³/mol. The molecule has 1 saturated carbocycles. The Balaban J connectivity index is 1.40. The lowest BCUT2D eigenvalue weighted by molar-refractivity contribution is 0.0889. The molecule has 0 bridgehead atoms. The molecule has 3 fully saturated rings. The van der Waals surface area contributed by atoms with Crippen molar-refractivity contribution >= 4 is 21.1 Å². The fraction of sp³-hybridized carbons (Fsp3) is 0.724. The molecule has 3 heterocycles. The highest BCUT2D eigenvalue weighted by Crippen LogP contribution is 2.38. The Morgan fingerprint density at radius 2 is 1.68 bits per heavy atom. The number of halogens is 1. The van der Waals surface area contributed by atoms with Gasteiger partial charge < -0.3 is 9.47 Å². The van der Waals surface area contributed by atoms with Crippen molar-refractivity contribution in [3.05, 3.63) is 35.3 Å². The third-order valence-electron chi connectivity index (χ3n) is 9.49. The lowest BCUT2D eigenvalue weighted by Gasteiger charge is -2.42. The van der Waals surface area contributed by atoms with Gasteiger partial charge >= 0.3 is 0 Å². The minimum absolute atomic E-state index is 0.224. The molecule has 2 aromatic rings. The third kappa shape index (κ3) is 6.44. The van der Waals surface area contributed by atoms with Gasteiger partial charge in [0.15, 0.2) is 0 Å². The number of rotatable bonds is 9. The number of fused-ring (bicyclic) bond motifs is 1. The standard InChI is InChI=1S/C29H46FN5O2S/c1-21(2)22-5-8-24(9-6-22)34-17-12-25(13-18-34)35-28-10-7-23(30)19-26(28)27(20-33-15-3-4-16-33)29(35)11-14-32-38(31,36)37/h7,10,19,21-22,24-25,32H,3-6,8-9,11-18,20H2,1-2H3,(H2,31,36,37). The van der Waals surface area contributed by atoms with E-state index in [0.717, 1.165) is 79.6 Å².